The van der Waals surface area contributed by atoms with Crippen molar-refractivity contribution in [2.24, 2.45) is 11.1 Å². The number of carbonyl (C=O) groups is 2. The normalized spacial score (nSPS) is 13.4. The van der Waals surface area contributed by atoms with Gasteiger partial charge in [-0.15, -0.1) is 0 Å². The maximum atomic E-state index is 15.1. The van der Waals surface area contributed by atoms with Gasteiger partial charge in [0.1, 0.15) is 17.0 Å². The Balaban J connectivity index is 1.29. The summed E-state index contributed by atoms with van der Waals surface area (Å²) < 4.78 is 45.4. The second kappa shape index (κ2) is 11.8. The first-order valence-corrected chi connectivity index (χ1v) is 13.0. The first kappa shape index (κ1) is 27.8. The number of aromatic nitrogens is 1. The van der Waals surface area contributed by atoms with Gasteiger partial charge in [-0.1, -0.05) is 0 Å². The van der Waals surface area contributed by atoms with Crippen molar-refractivity contribution in [3.05, 3.63) is 78.5 Å². The zero-order valence-electron chi connectivity index (χ0n) is 22.2. The Morgan fingerprint density at radius 2 is 1.61 bits per heavy atom. The third kappa shape index (κ3) is 6.04. The zero-order valence-corrected chi connectivity index (χ0v) is 22.2. The van der Waals surface area contributed by atoms with Crippen LogP contribution in [0, 0.1) is 17.0 Å². The van der Waals surface area contributed by atoms with Crippen molar-refractivity contribution in [2.45, 2.75) is 19.3 Å². The van der Waals surface area contributed by atoms with Gasteiger partial charge in [-0.2, -0.15) is 0 Å². The number of rotatable bonds is 11. The molecule has 0 spiro atoms. The Morgan fingerprint density at radius 1 is 0.902 bits per heavy atom. The van der Waals surface area contributed by atoms with Crippen molar-refractivity contribution in [1.82, 2.24) is 4.98 Å². The second-order valence-corrected chi connectivity index (χ2v) is 9.56. The quantitative estimate of drug-likeness (QED) is 0.165. The molecule has 0 aliphatic heterocycles. The number of methoxy groups -OCH3 is 1. The maximum Gasteiger partial charge on any atom is 0.240 e. The third-order valence-electron chi connectivity index (χ3n) is 6.72. The molecule has 1 saturated carbocycles. The van der Waals surface area contributed by atoms with Crippen LogP contribution in [0.2, 0.25) is 0 Å². The molecule has 4 N–H and O–H groups in total. The van der Waals surface area contributed by atoms with E-state index in [1.54, 1.807) is 18.2 Å². The van der Waals surface area contributed by atoms with Crippen molar-refractivity contribution in [2.75, 3.05) is 30.9 Å². The Hall–Kier alpha value is -4.77. The van der Waals surface area contributed by atoms with Gasteiger partial charge in [0.25, 0.3) is 0 Å². The fourth-order valence-electron chi connectivity index (χ4n) is 4.25. The highest BCUT2D eigenvalue weighted by molar-refractivity contribution is 6.16. The number of ether oxygens (including phenoxy) is 3. The monoisotopic (exact) mass is 562 g/mol. The van der Waals surface area contributed by atoms with Crippen LogP contribution < -0.4 is 30.6 Å². The fraction of sp³-hybridized carbons (Fsp3) is 0.233. The topological polar surface area (TPSA) is 125 Å². The van der Waals surface area contributed by atoms with Gasteiger partial charge in [0.05, 0.1) is 19.2 Å². The van der Waals surface area contributed by atoms with Crippen LogP contribution in [0.3, 0.4) is 0 Å². The SMILES string of the molecule is COc1cc2c(Oc3ccc(NC(=O)C4(C(=O)Nc5ccc(F)cc5)CC4)cc3F)ccnc2cc1OCCCN. The number of nitrogens with one attached hydrogen (secondary N) is 2. The summed E-state index contributed by atoms with van der Waals surface area (Å²) in [6.07, 6.45) is 2.89. The molecule has 41 heavy (non-hydrogen) atoms. The molecule has 5 rings (SSSR count). The summed E-state index contributed by atoms with van der Waals surface area (Å²) in [5, 5.41) is 5.84. The van der Waals surface area contributed by atoms with E-state index in [0.717, 1.165) is 6.07 Å². The highest BCUT2D eigenvalue weighted by atomic mass is 19.1. The molecule has 3 aromatic carbocycles. The highest BCUT2D eigenvalue weighted by Gasteiger charge is 2.56. The smallest absolute Gasteiger partial charge is 0.240 e. The number of hydrogen-bond acceptors (Lipinski definition) is 7. The highest BCUT2D eigenvalue weighted by Crippen LogP contribution is 2.47. The molecule has 0 unspecified atom stereocenters. The molecule has 1 fully saturated rings. The predicted octanol–water partition coefficient (Wildman–Crippen LogP) is 5.40. The number of nitrogens with zero attached hydrogens (tertiary/aromatic N) is 1. The lowest BCUT2D eigenvalue weighted by molar-refractivity contribution is -0.131. The summed E-state index contributed by atoms with van der Waals surface area (Å²) in [7, 11) is 1.51. The average Bonchev–Trinajstić information content (AvgIpc) is 3.78. The van der Waals surface area contributed by atoms with Gasteiger partial charge >= 0.3 is 0 Å². The van der Waals surface area contributed by atoms with Crippen molar-refractivity contribution in [3.63, 3.8) is 0 Å². The fourth-order valence-corrected chi connectivity index (χ4v) is 4.25. The van der Waals surface area contributed by atoms with E-state index in [2.05, 4.69) is 15.6 Å². The van der Waals surface area contributed by atoms with Gasteiger partial charge in [-0.05, 0) is 74.3 Å². The Labute approximate surface area is 234 Å². The van der Waals surface area contributed by atoms with Crippen molar-refractivity contribution in [1.29, 1.82) is 0 Å². The van der Waals surface area contributed by atoms with Crippen molar-refractivity contribution >= 4 is 34.1 Å². The van der Waals surface area contributed by atoms with Crippen LogP contribution in [0.4, 0.5) is 20.2 Å². The van der Waals surface area contributed by atoms with Gasteiger partial charge < -0.3 is 30.6 Å². The zero-order chi connectivity index (χ0) is 29.0. The van der Waals surface area contributed by atoms with Crippen LogP contribution in [0.15, 0.2) is 66.9 Å². The van der Waals surface area contributed by atoms with Gasteiger partial charge in [0.15, 0.2) is 23.1 Å². The summed E-state index contributed by atoms with van der Waals surface area (Å²) >= 11 is 0. The van der Waals surface area contributed by atoms with Crippen LogP contribution >= 0.6 is 0 Å². The minimum absolute atomic E-state index is 0.0760. The Bertz CT molecular complexity index is 1590. The largest absolute Gasteiger partial charge is 0.493 e. The van der Waals surface area contributed by atoms with Crippen LogP contribution in [-0.4, -0.2) is 37.1 Å². The molecule has 212 valence electrons. The number of anilines is 2. The van der Waals surface area contributed by atoms with E-state index in [1.165, 1.54) is 49.7 Å². The number of pyridine rings is 1. The van der Waals surface area contributed by atoms with E-state index in [4.69, 9.17) is 19.9 Å². The van der Waals surface area contributed by atoms with E-state index in [1.807, 2.05) is 0 Å². The summed E-state index contributed by atoms with van der Waals surface area (Å²) in [4.78, 5) is 30.1. The Morgan fingerprint density at radius 3 is 2.27 bits per heavy atom. The van der Waals surface area contributed by atoms with E-state index in [9.17, 15) is 14.0 Å². The van der Waals surface area contributed by atoms with E-state index >= 15 is 4.39 Å². The maximum absolute atomic E-state index is 15.1. The summed E-state index contributed by atoms with van der Waals surface area (Å²) in [5.41, 5.74) is 5.36. The summed E-state index contributed by atoms with van der Waals surface area (Å²) in [6.45, 7) is 0.913. The number of carbonyl (C=O) groups excluding carboxylic acids is 2. The van der Waals surface area contributed by atoms with Crippen LogP contribution in [0.1, 0.15) is 19.3 Å². The van der Waals surface area contributed by atoms with Gasteiger partial charge in [-0.3, -0.25) is 14.6 Å². The molecule has 1 aromatic heterocycles. The lowest BCUT2D eigenvalue weighted by Crippen LogP contribution is -2.35. The third-order valence-corrected chi connectivity index (χ3v) is 6.72. The minimum Gasteiger partial charge on any atom is -0.493 e. The van der Waals surface area contributed by atoms with E-state index < -0.39 is 28.9 Å². The van der Waals surface area contributed by atoms with Gasteiger partial charge in [0.2, 0.25) is 11.8 Å². The molecule has 4 aromatic rings. The average molecular weight is 563 g/mol. The van der Waals surface area contributed by atoms with Gasteiger partial charge in [0, 0.05) is 35.1 Å². The molecular weight excluding hydrogens is 534 g/mol. The van der Waals surface area contributed by atoms with Crippen LogP contribution in [-0.2, 0) is 9.59 Å². The number of hydrogen-bond donors (Lipinski definition) is 3. The molecule has 1 aliphatic rings. The predicted molar refractivity (Wildman–Crippen MR) is 149 cm³/mol. The second-order valence-electron chi connectivity index (χ2n) is 9.56. The molecule has 0 bridgehead atoms. The molecule has 1 aliphatic carbocycles. The summed E-state index contributed by atoms with van der Waals surface area (Å²) in [6, 6.07) is 14.2. The molecule has 9 nitrogen and oxygen atoms in total. The molecule has 0 saturated heterocycles. The molecule has 11 heteroatoms. The lowest BCUT2D eigenvalue weighted by Gasteiger charge is -2.16. The number of amides is 2. The molecule has 2 amide bonds. The van der Waals surface area contributed by atoms with Crippen LogP contribution in [0.5, 0.6) is 23.0 Å². The standard InChI is InChI=1S/C30H28F2N4O5/c1-39-26-16-21-23(17-27(26)40-14-2-12-33)34-13-9-24(21)41-25-8-7-20(15-22(25)32)36-29(38)30(10-11-30)28(37)35-19-5-3-18(31)4-6-19/h3-9,13,15-17H,2,10-12,14,33H2,1H3,(H,35,37)(H,36,38). The molecular formula is C30H28F2N4O5. The minimum atomic E-state index is -1.28. The first-order chi connectivity index (χ1) is 19.8. The number of benzene rings is 3. The van der Waals surface area contributed by atoms with Crippen molar-refractivity contribution < 1.29 is 32.6 Å². The van der Waals surface area contributed by atoms with Crippen LogP contribution in [0.25, 0.3) is 10.9 Å². The molecule has 0 radical (unpaired) electrons. The van der Waals surface area contributed by atoms with Crippen molar-refractivity contribution in [3.8, 4) is 23.0 Å². The number of halogens is 2. The van der Waals surface area contributed by atoms with E-state index in [-0.39, 0.29) is 11.4 Å². The summed E-state index contributed by atoms with van der Waals surface area (Å²) in [5.74, 6) is -0.989. The number of nitrogens with two attached hydrogens (primary N) is 1. The molecule has 1 heterocycles. The molecule has 0 atom stereocenters. The first-order valence-electron chi connectivity index (χ1n) is 13.0. The Kier molecular flexibility index (Phi) is 7.97. The van der Waals surface area contributed by atoms with Gasteiger partial charge in [-0.25, -0.2) is 8.78 Å². The lowest BCUT2D eigenvalue weighted by atomic mass is 10.0. The number of fused-ring (bicyclic) bond motifs is 1. The van der Waals surface area contributed by atoms with E-state index in [0.29, 0.717) is 66.3 Å².